The Morgan fingerprint density at radius 3 is 2.39 bits per heavy atom. The lowest BCUT2D eigenvalue weighted by Gasteiger charge is -2.27. The molecule has 1 aromatic rings. The van der Waals surface area contributed by atoms with E-state index in [1.54, 1.807) is 0 Å². The molecule has 0 fully saturated rings. The van der Waals surface area contributed by atoms with Gasteiger partial charge in [-0.15, -0.1) is 0 Å². The number of aromatic hydroxyl groups is 1. The van der Waals surface area contributed by atoms with Crippen LogP contribution in [0.3, 0.4) is 0 Å². The van der Waals surface area contributed by atoms with Crippen molar-refractivity contribution in [1.29, 1.82) is 0 Å². The van der Waals surface area contributed by atoms with Crippen LogP contribution in [0.1, 0.15) is 32.4 Å². The number of methoxy groups -OCH3 is 1. The van der Waals surface area contributed by atoms with Crippen LogP contribution in [0.2, 0.25) is 0 Å². The number of phenols is 1. The maximum Gasteiger partial charge on any atom is 0.314 e. The zero-order valence-corrected chi connectivity index (χ0v) is 10.9. The zero-order valence-electron chi connectivity index (χ0n) is 10.9. The molecule has 0 amide bonds. The SMILES string of the molecule is COc1cc([C@@H](N)C(C)(C)C)cc([N+](=O)[O-])c1O. The van der Waals surface area contributed by atoms with Crippen molar-refractivity contribution in [3.05, 3.63) is 27.8 Å². The molecule has 0 aromatic heterocycles. The predicted molar refractivity (Wildman–Crippen MR) is 67.7 cm³/mol. The van der Waals surface area contributed by atoms with Crippen molar-refractivity contribution >= 4 is 5.69 Å². The van der Waals surface area contributed by atoms with Gasteiger partial charge in [-0.1, -0.05) is 20.8 Å². The van der Waals surface area contributed by atoms with E-state index in [2.05, 4.69) is 0 Å². The molecule has 1 aromatic carbocycles. The Kier molecular flexibility index (Phi) is 3.81. The van der Waals surface area contributed by atoms with Crippen LogP contribution in [0.4, 0.5) is 5.69 Å². The summed E-state index contributed by atoms with van der Waals surface area (Å²) in [6.07, 6.45) is 0. The summed E-state index contributed by atoms with van der Waals surface area (Å²) in [5.74, 6) is -0.425. The third-order valence-electron chi connectivity index (χ3n) is 2.79. The lowest BCUT2D eigenvalue weighted by atomic mass is 9.83. The summed E-state index contributed by atoms with van der Waals surface area (Å²) in [6, 6.07) is 2.41. The second kappa shape index (κ2) is 4.81. The van der Waals surface area contributed by atoms with Gasteiger partial charge in [-0.25, -0.2) is 0 Å². The summed E-state index contributed by atoms with van der Waals surface area (Å²) >= 11 is 0. The quantitative estimate of drug-likeness (QED) is 0.637. The summed E-state index contributed by atoms with van der Waals surface area (Å²) in [5.41, 5.74) is 5.96. The first-order valence-electron chi connectivity index (χ1n) is 5.49. The second-order valence-corrected chi connectivity index (χ2v) is 5.19. The van der Waals surface area contributed by atoms with Crippen molar-refractivity contribution in [3.8, 4) is 11.5 Å². The van der Waals surface area contributed by atoms with Crippen molar-refractivity contribution in [1.82, 2.24) is 0 Å². The predicted octanol–water partition coefficient (Wildman–Crippen LogP) is 2.35. The minimum atomic E-state index is -0.656. The molecule has 6 nitrogen and oxygen atoms in total. The minimum absolute atomic E-state index is 0.0545. The van der Waals surface area contributed by atoms with Crippen LogP contribution >= 0.6 is 0 Å². The molecule has 100 valence electrons. The highest BCUT2D eigenvalue weighted by Gasteiger charge is 2.27. The molecule has 0 aliphatic carbocycles. The van der Waals surface area contributed by atoms with Crippen molar-refractivity contribution in [2.24, 2.45) is 11.1 Å². The van der Waals surface area contributed by atoms with E-state index in [9.17, 15) is 15.2 Å². The molecule has 0 unspecified atom stereocenters. The van der Waals surface area contributed by atoms with Gasteiger partial charge in [-0.2, -0.15) is 0 Å². The largest absolute Gasteiger partial charge is 0.500 e. The number of hydrogen-bond acceptors (Lipinski definition) is 5. The summed E-state index contributed by atoms with van der Waals surface area (Å²) in [6.45, 7) is 5.80. The summed E-state index contributed by atoms with van der Waals surface area (Å²) in [7, 11) is 1.34. The van der Waals surface area contributed by atoms with Gasteiger partial charge in [-0.3, -0.25) is 10.1 Å². The van der Waals surface area contributed by atoms with Crippen molar-refractivity contribution < 1.29 is 14.8 Å². The molecule has 0 aliphatic rings. The number of nitrogens with two attached hydrogens (primary N) is 1. The van der Waals surface area contributed by atoms with Crippen molar-refractivity contribution in [2.45, 2.75) is 26.8 Å². The van der Waals surface area contributed by atoms with Gasteiger partial charge in [0, 0.05) is 12.1 Å². The third kappa shape index (κ3) is 2.70. The Bertz CT molecular complexity index is 466. The first kappa shape index (κ1) is 14.2. The molecule has 0 heterocycles. The zero-order chi connectivity index (χ0) is 14.1. The normalized spacial score (nSPS) is 13.2. The Balaban J connectivity index is 3.39. The lowest BCUT2D eigenvalue weighted by molar-refractivity contribution is -0.386. The molecule has 0 spiro atoms. The summed E-state index contributed by atoms with van der Waals surface area (Å²) in [4.78, 5) is 10.2. The highest BCUT2D eigenvalue weighted by atomic mass is 16.6. The molecular weight excluding hydrogens is 236 g/mol. The molecule has 0 saturated heterocycles. The topological polar surface area (TPSA) is 98.6 Å². The van der Waals surface area contributed by atoms with Crippen LogP contribution in [0.25, 0.3) is 0 Å². The van der Waals surface area contributed by atoms with Gasteiger partial charge in [0.25, 0.3) is 0 Å². The van der Waals surface area contributed by atoms with E-state index in [4.69, 9.17) is 10.5 Å². The summed E-state index contributed by atoms with van der Waals surface area (Å²) in [5, 5.41) is 20.5. The maximum atomic E-state index is 10.9. The lowest BCUT2D eigenvalue weighted by Crippen LogP contribution is -2.26. The number of ether oxygens (including phenoxy) is 1. The van der Waals surface area contributed by atoms with E-state index in [0.717, 1.165) is 0 Å². The minimum Gasteiger partial charge on any atom is -0.500 e. The van der Waals surface area contributed by atoms with Gasteiger partial charge in [-0.05, 0) is 17.0 Å². The van der Waals surface area contributed by atoms with Crippen LogP contribution in [0.15, 0.2) is 12.1 Å². The first-order chi connectivity index (χ1) is 8.18. The molecule has 0 bridgehead atoms. The Morgan fingerprint density at radius 2 is 2.00 bits per heavy atom. The fourth-order valence-electron chi connectivity index (χ4n) is 1.59. The standard InChI is InChI=1S/C12H18N2O4/c1-12(2,3)11(13)7-5-8(14(16)17)10(15)9(6-7)18-4/h5-6,11,15H,13H2,1-4H3/t11-/m1/s1. The number of hydrogen-bond donors (Lipinski definition) is 2. The van der Waals surface area contributed by atoms with E-state index in [0.29, 0.717) is 5.56 Å². The molecule has 1 atom stereocenters. The molecule has 18 heavy (non-hydrogen) atoms. The van der Waals surface area contributed by atoms with Crippen LogP contribution in [-0.2, 0) is 0 Å². The molecular formula is C12H18N2O4. The Morgan fingerprint density at radius 1 is 1.44 bits per heavy atom. The fourth-order valence-corrected chi connectivity index (χ4v) is 1.59. The smallest absolute Gasteiger partial charge is 0.314 e. The van der Waals surface area contributed by atoms with Gasteiger partial charge in [0.1, 0.15) is 0 Å². The van der Waals surface area contributed by atoms with E-state index >= 15 is 0 Å². The van der Waals surface area contributed by atoms with Gasteiger partial charge in [0.2, 0.25) is 5.75 Å². The number of rotatable bonds is 3. The van der Waals surface area contributed by atoms with Gasteiger partial charge in [0.15, 0.2) is 5.75 Å². The highest BCUT2D eigenvalue weighted by Crippen LogP contribution is 2.41. The summed E-state index contributed by atoms with van der Waals surface area (Å²) < 4.78 is 4.93. The van der Waals surface area contributed by atoms with E-state index in [1.165, 1.54) is 19.2 Å². The molecule has 0 radical (unpaired) electrons. The average molecular weight is 254 g/mol. The third-order valence-corrected chi connectivity index (χ3v) is 2.79. The molecule has 0 aliphatic heterocycles. The van der Waals surface area contributed by atoms with E-state index < -0.39 is 22.4 Å². The number of nitro groups is 1. The Hall–Kier alpha value is -1.82. The Labute approximate surface area is 106 Å². The first-order valence-corrected chi connectivity index (χ1v) is 5.49. The average Bonchev–Trinajstić information content (AvgIpc) is 2.26. The van der Waals surface area contributed by atoms with Gasteiger partial charge >= 0.3 is 5.69 Å². The van der Waals surface area contributed by atoms with Crippen LogP contribution < -0.4 is 10.5 Å². The second-order valence-electron chi connectivity index (χ2n) is 5.19. The monoisotopic (exact) mass is 254 g/mol. The molecule has 1 rings (SSSR count). The van der Waals surface area contributed by atoms with Crippen molar-refractivity contribution in [2.75, 3.05) is 7.11 Å². The fraction of sp³-hybridized carbons (Fsp3) is 0.500. The number of nitro benzene ring substituents is 1. The number of phenolic OH excluding ortho intramolecular Hbond substituents is 1. The molecule has 6 heteroatoms. The molecule has 0 saturated carbocycles. The van der Waals surface area contributed by atoms with Crippen LogP contribution in [0.5, 0.6) is 11.5 Å². The van der Waals surface area contributed by atoms with Gasteiger partial charge < -0.3 is 15.6 Å². The molecule has 3 N–H and O–H groups in total. The number of benzene rings is 1. The van der Waals surface area contributed by atoms with Gasteiger partial charge in [0.05, 0.1) is 12.0 Å². The maximum absolute atomic E-state index is 10.9. The van der Waals surface area contributed by atoms with E-state index in [-0.39, 0.29) is 11.2 Å². The van der Waals surface area contributed by atoms with E-state index in [1.807, 2.05) is 20.8 Å². The van der Waals surface area contributed by atoms with Crippen LogP contribution in [-0.4, -0.2) is 17.1 Å². The van der Waals surface area contributed by atoms with Crippen LogP contribution in [0, 0.1) is 15.5 Å². The number of nitrogens with zero attached hydrogens (tertiary/aromatic N) is 1. The van der Waals surface area contributed by atoms with Crippen molar-refractivity contribution in [3.63, 3.8) is 0 Å². The highest BCUT2D eigenvalue weighted by molar-refractivity contribution is 5.57.